The molecule has 0 atom stereocenters. The van der Waals surface area contributed by atoms with E-state index in [0.29, 0.717) is 11.4 Å². The molecule has 134 valence electrons. The summed E-state index contributed by atoms with van der Waals surface area (Å²) < 4.78 is 6.52. The lowest BCUT2D eigenvalue weighted by molar-refractivity contribution is -0.307. The highest BCUT2D eigenvalue weighted by molar-refractivity contribution is 6.72. The van der Waals surface area contributed by atoms with Crippen LogP contribution in [0, 0.1) is 0 Å². The zero-order chi connectivity index (χ0) is 18.5. The summed E-state index contributed by atoms with van der Waals surface area (Å²) in [7, 11) is -2.02. The molecule has 4 heteroatoms. The Morgan fingerprint density at radius 2 is 1.58 bits per heavy atom. The molecule has 0 saturated heterocycles. The fourth-order valence-electron chi connectivity index (χ4n) is 2.21. The van der Waals surface area contributed by atoms with Gasteiger partial charge in [-0.25, -0.2) is 0 Å². The van der Waals surface area contributed by atoms with Gasteiger partial charge < -0.3 is 9.22 Å². The lowest BCUT2D eigenvalue weighted by Crippen LogP contribution is -2.37. The van der Waals surface area contributed by atoms with E-state index < -0.39 is 8.32 Å². The van der Waals surface area contributed by atoms with Crippen molar-refractivity contribution in [3.63, 3.8) is 0 Å². The first-order chi connectivity index (χ1) is 11.0. The van der Waals surface area contributed by atoms with Gasteiger partial charge in [0.2, 0.25) is 0 Å². The molecule has 0 unspecified atom stereocenters. The number of ketones is 1. The summed E-state index contributed by atoms with van der Waals surface area (Å²) in [5.74, 6) is 0.964. The van der Waals surface area contributed by atoms with Crippen molar-refractivity contribution in [3.05, 3.63) is 46.2 Å². The summed E-state index contributed by atoms with van der Waals surface area (Å²) >= 11 is 6.01. The van der Waals surface area contributed by atoms with Crippen LogP contribution in [-0.2, 0) is 0 Å². The molecule has 1 aromatic carbocycles. The molecular formula is C20H31ClO2Si. The Bertz CT molecular complexity index is 602. The molecule has 24 heavy (non-hydrogen) atoms. The van der Waals surface area contributed by atoms with Crippen LogP contribution in [0.3, 0.4) is 0 Å². The Hall–Kier alpha value is -1.06. The average Bonchev–Trinajstić information content (AvgIpc) is 2.47. The second-order valence-electron chi connectivity index (χ2n) is 7.70. The maximum Gasteiger partial charge on any atom is 0.517 e. The van der Waals surface area contributed by atoms with Crippen molar-refractivity contribution in [2.75, 3.05) is 0 Å². The highest BCUT2D eigenvalue weighted by Crippen LogP contribution is 2.37. The van der Waals surface area contributed by atoms with Gasteiger partial charge >= 0.3 is 8.32 Å². The maximum atomic E-state index is 12.6. The molecular weight excluding hydrogens is 336 g/mol. The first-order valence-corrected chi connectivity index (χ1v) is 12.0. The molecule has 0 aliphatic heterocycles. The van der Waals surface area contributed by atoms with Crippen LogP contribution in [0.15, 0.2) is 35.6 Å². The first-order valence-electron chi connectivity index (χ1n) is 8.70. The molecule has 0 amide bonds. The van der Waals surface area contributed by atoms with E-state index in [0.717, 1.165) is 29.8 Å². The number of rotatable bonds is 6. The standard InChI is InChI=1S/C20H31ClO2Si/c1-8-15(9-2)18(22)14-19(16-10-12-17(21)13-11-16)23-24(6,7)20(3,4)5/h10-13H,8-9,14H2,1-7H3. The molecule has 1 aromatic rings. The normalized spacial score (nSPS) is 13.1. The van der Waals surface area contributed by atoms with Gasteiger partial charge in [-0.3, -0.25) is 0 Å². The highest BCUT2D eigenvalue weighted by atomic mass is 35.5. The Balaban J connectivity index is 3.38. The number of carbonyl (C=O) groups excluding carboxylic acids is 1. The van der Waals surface area contributed by atoms with Gasteiger partial charge in [0.1, 0.15) is 0 Å². The maximum absolute atomic E-state index is 12.6. The minimum Gasteiger partial charge on any atom is -0.875 e. The smallest absolute Gasteiger partial charge is 0.517 e. The topological polar surface area (TPSA) is 34.4 Å². The molecule has 1 rings (SSSR count). The summed E-state index contributed by atoms with van der Waals surface area (Å²) in [5, 5.41) is 13.4. The third-order valence-electron chi connectivity index (χ3n) is 4.92. The van der Waals surface area contributed by atoms with Gasteiger partial charge in [0, 0.05) is 23.2 Å². The Kier molecular flexibility index (Phi) is 7.30. The average molecular weight is 367 g/mol. The summed E-state index contributed by atoms with van der Waals surface area (Å²) in [4.78, 5) is 0. The van der Waals surface area contributed by atoms with Crippen molar-refractivity contribution >= 4 is 25.7 Å². The van der Waals surface area contributed by atoms with E-state index in [-0.39, 0.29) is 10.8 Å². The van der Waals surface area contributed by atoms with E-state index in [1.807, 2.05) is 38.1 Å². The summed E-state index contributed by atoms with van der Waals surface area (Å²) in [6, 6.07) is 7.58. The van der Waals surface area contributed by atoms with Gasteiger partial charge in [0.15, 0.2) is 0 Å². The minimum absolute atomic E-state index is 0.0791. The van der Waals surface area contributed by atoms with Crippen LogP contribution in [0.1, 0.15) is 63.6 Å². The van der Waals surface area contributed by atoms with Crippen LogP contribution in [-0.4, -0.2) is 14.1 Å². The molecule has 0 saturated carbocycles. The molecule has 0 heterocycles. The highest BCUT2D eigenvalue weighted by Gasteiger charge is 2.51. The fraction of sp³-hybridized carbons (Fsp3) is 0.550. The molecule has 0 bridgehead atoms. The Morgan fingerprint density at radius 1 is 1.08 bits per heavy atom. The molecule has 0 aliphatic rings. The quantitative estimate of drug-likeness (QED) is 0.267. The van der Waals surface area contributed by atoms with Gasteiger partial charge in [0.25, 0.3) is 5.78 Å². The monoisotopic (exact) mass is 366 g/mol. The molecule has 0 aliphatic carbocycles. The fourth-order valence-corrected chi connectivity index (χ4v) is 3.45. The van der Waals surface area contributed by atoms with Crippen LogP contribution in [0.2, 0.25) is 23.2 Å². The Labute approximate surface area is 153 Å². The first kappa shape index (κ1) is 21.0. The number of hydrogen-bond acceptors (Lipinski definition) is 1. The second-order valence-corrected chi connectivity index (χ2v) is 12.9. The lowest BCUT2D eigenvalue weighted by Gasteiger charge is -2.23. The minimum atomic E-state index is -2.02. The lowest BCUT2D eigenvalue weighted by atomic mass is 10.0. The van der Waals surface area contributed by atoms with Gasteiger partial charge in [-0.05, 0) is 37.1 Å². The van der Waals surface area contributed by atoms with Crippen LogP contribution in [0.25, 0.3) is 0 Å². The van der Waals surface area contributed by atoms with Crippen molar-refractivity contribution in [2.24, 2.45) is 0 Å². The van der Waals surface area contributed by atoms with Gasteiger partial charge in [-0.15, -0.1) is 5.76 Å². The van der Waals surface area contributed by atoms with Crippen LogP contribution in [0.5, 0.6) is 0 Å². The van der Waals surface area contributed by atoms with E-state index >= 15 is 0 Å². The number of halogens is 1. The van der Waals surface area contributed by atoms with E-state index in [1.165, 1.54) is 0 Å². The predicted molar refractivity (Wildman–Crippen MR) is 105 cm³/mol. The van der Waals surface area contributed by atoms with Crippen LogP contribution >= 0.6 is 11.6 Å². The van der Waals surface area contributed by atoms with Gasteiger partial charge in [0.05, 0.1) is 12.0 Å². The molecule has 2 nitrogen and oxygen atoms in total. The number of benzene rings is 1. The molecule has 0 N–H and O–H groups in total. The van der Waals surface area contributed by atoms with Crippen LogP contribution in [0.4, 0.5) is 0 Å². The summed E-state index contributed by atoms with van der Waals surface area (Å²) in [5.41, 5.74) is 1.92. The molecule has 0 radical (unpaired) electrons. The van der Waals surface area contributed by atoms with Gasteiger partial charge in [-0.1, -0.05) is 51.8 Å². The van der Waals surface area contributed by atoms with E-state index in [1.54, 1.807) is 0 Å². The third kappa shape index (κ3) is 5.49. The van der Waals surface area contributed by atoms with E-state index in [4.69, 9.17) is 15.7 Å². The van der Waals surface area contributed by atoms with Crippen LogP contribution < -0.4 is 5.11 Å². The van der Waals surface area contributed by atoms with Crippen molar-refractivity contribution in [2.45, 2.75) is 72.0 Å². The molecule has 0 aromatic heterocycles. The zero-order valence-corrected chi connectivity index (χ0v) is 17.9. The third-order valence-corrected chi connectivity index (χ3v) is 9.54. The SMILES string of the molecule is CCC(CC)=C([O-])CC(=[O+][Si](C)(C)C(C)(C)C)c1ccc(Cl)cc1. The Morgan fingerprint density at radius 3 is 2.00 bits per heavy atom. The second kappa shape index (κ2) is 8.35. The summed E-state index contributed by atoms with van der Waals surface area (Å²) in [6.07, 6.45) is 1.91. The summed E-state index contributed by atoms with van der Waals surface area (Å²) in [6.45, 7) is 15.1. The predicted octanol–water partition coefficient (Wildman–Crippen LogP) is 5.89. The van der Waals surface area contributed by atoms with Gasteiger partial charge in [-0.2, -0.15) is 0 Å². The van der Waals surface area contributed by atoms with Crippen molar-refractivity contribution < 1.29 is 9.22 Å². The van der Waals surface area contributed by atoms with E-state index in [9.17, 15) is 5.11 Å². The number of allylic oxidation sites excluding steroid dienone is 2. The van der Waals surface area contributed by atoms with E-state index in [2.05, 4.69) is 33.9 Å². The van der Waals surface area contributed by atoms with Crippen molar-refractivity contribution in [1.29, 1.82) is 0 Å². The number of hydrogen-bond donors (Lipinski definition) is 0. The van der Waals surface area contributed by atoms with Crippen molar-refractivity contribution in [3.8, 4) is 0 Å². The zero-order valence-electron chi connectivity index (χ0n) is 16.1. The van der Waals surface area contributed by atoms with Crippen molar-refractivity contribution in [1.82, 2.24) is 0 Å². The molecule has 0 spiro atoms. The molecule has 0 fully saturated rings. The largest absolute Gasteiger partial charge is 0.875 e.